The Kier molecular flexibility index (Phi) is 16.0. The number of nitrogens with zero attached hydrogens (tertiary/aromatic N) is 1. The Morgan fingerprint density at radius 3 is 2.40 bits per heavy atom. The standard InChI is InChI=1S/C38H47N3O12/c1-25(23-49-2)51-21-17-39-33(44)11-6-12-34(45)40-26-13-14-28-30(22-26)31(24-52-38(48)53-41-35(46)15-16-36(41)47)27-8-5-9-29(37(27)28)32(43)10-7-20-50-19-4-3-18-42/h5,8-9,13-14,22,31,42H,1,3-4,6-7,10-12,15-21,23-24H2,2H3,(H,39,44)(H,40,45). The van der Waals surface area contributed by atoms with Crippen molar-refractivity contribution in [1.29, 1.82) is 0 Å². The second-order valence-electron chi connectivity index (χ2n) is 12.5. The number of hydroxylamine groups is 2. The lowest BCUT2D eigenvalue weighted by molar-refractivity contribution is -0.177. The van der Waals surface area contributed by atoms with Crippen LogP contribution >= 0.6 is 0 Å². The molecule has 1 unspecified atom stereocenters. The lowest BCUT2D eigenvalue weighted by Crippen LogP contribution is -2.32. The quantitative estimate of drug-likeness (QED) is 0.0485. The zero-order valence-electron chi connectivity index (χ0n) is 29.9. The number of amides is 4. The number of aliphatic hydroxyl groups is 1. The molecule has 0 saturated carbocycles. The van der Waals surface area contributed by atoms with E-state index in [2.05, 4.69) is 17.2 Å². The molecule has 0 bridgehead atoms. The van der Waals surface area contributed by atoms with Gasteiger partial charge in [-0.2, -0.15) is 0 Å². The van der Waals surface area contributed by atoms with Crippen molar-refractivity contribution >= 4 is 41.3 Å². The fraction of sp³-hybridized carbons (Fsp3) is 0.474. The predicted octanol–water partition coefficient (Wildman–Crippen LogP) is 4.17. The van der Waals surface area contributed by atoms with Crippen LogP contribution in [0.2, 0.25) is 0 Å². The molecule has 53 heavy (non-hydrogen) atoms. The number of carbonyl (C=O) groups excluding carboxylic acids is 6. The average molecular weight is 738 g/mol. The van der Waals surface area contributed by atoms with Gasteiger partial charge in [-0.25, -0.2) is 4.79 Å². The largest absolute Gasteiger partial charge is 0.533 e. The van der Waals surface area contributed by atoms with E-state index in [0.29, 0.717) is 65.7 Å². The fourth-order valence-corrected chi connectivity index (χ4v) is 6.00. The molecule has 286 valence electrons. The predicted molar refractivity (Wildman–Crippen MR) is 190 cm³/mol. The summed E-state index contributed by atoms with van der Waals surface area (Å²) in [6.07, 6.45) is 1.31. The van der Waals surface area contributed by atoms with Gasteiger partial charge in [0.2, 0.25) is 11.8 Å². The van der Waals surface area contributed by atoms with E-state index >= 15 is 0 Å². The second kappa shape index (κ2) is 20.8. The van der Waals surface area contributed by atoms with Crippen molar-refractivity contribution in [2.45, 2.75) is 63.7 Å². The zero-order valence-corrected chi connectivity index (χ0v) is 29.9. The Morgan fingerprint density at radius 2 is 1.64 bits per heavy atom. The molecule has 1 heterocycles. The number of anilines is 1. The van der Waals surface area contributed by atoms with Gasteiger partial charge in [0.1, 0.15) is 25.6 Å². The fourth-order valence-electron chi connectivity index (χ4n) is 6.00. The van der Waals surface area contributed by atoms with Gasteiger partial charge in [0.05, 0.1) is 6.54 Å². The Labute approximate surface area is 307 Å². The van der Waals surface area contributed by atoms with E-state index in [-0.39, 0.29) is 82.7 Å². The summed E-state index contributed by atoms with van der Waals surface area (Å²) in [7, 11) is 1.53. The van der Waals surface area contributed by atoms with Crippen molar-refractivity contribution in [3.63, 3.8) is 0 Å². The van der Waals surface area contributed by atoms with Crippen molar-refractivity contribution in [3.05, 3.63) is 65.4 Å². The van der Waals surface area contributed by atoms with Crippen LogP contribution in [0.1, 0.15) is 85.2 Å². The third-order valence-corrected chi connectivity index (χ3v) is 8.52. The molecule has 2 aliphatic rings. The molecule has 1 saturated heterocycles. The number of methoxy groups -OCH3 is 1. The van der Waals surface area contributed by atoms with E-state index in [1.165, 1.54) is 7.11 Å². The molecule has 2 aromatic carbocycles. The van der Waals surface area contributed by atoms with Gasteiger partial charge in [0, 0.05) is 76.2 Å². The first-order valence-corrected chi connectivity index (χ1v) is 17.7. The summed E-state index contributed by atoms with van der Waals surface area (Å²) in [5.74, 6) is -2.01. The number of Topliss-reactive ketones (excluding diaryl/α,β-unsaturated/α-hetero) is 1. The number of nitrogens with one attached hydrogen (secondary N) is 2. The highest BCUT2D eigenvalue weighted by Gasteiger charge is 2.36. The minimum atomic E-state index is -1.23. The maximum Gasteiger partial charge on any atom is 0.533 e. The van der Waals surface area contributed by atoms with Crippen molar-refractivity contribution in [2.75, 3.05) is 58.6 Å². The summed E-state index contributed by atoms with van der Waals surface area (Å²) in [6.45, 7) is 5.26. The Balaban J connectivity index is 1.41. The van der Waals surface area contributed by atoms with Crippen LogP contribution in [-0.4, -0.2) is 99.0 Å². The Bertz CT molecular complexity index is 1640. The van der Waals surface area contributed by atoms with Crippen molar-refractivity contribution in [1.82, 2.24) is 10.4 Å². The van der Waals surface area contributed by atoms with Gasteiger partial charge in [-0.05, 0) is 60.1 Å². The number of ketones is 1. The highest BCUT2D eigenvalue weighted by atomic mass is 16.8. The monoisotopic (exact) mass is 737 g/mol. The summed E-state index contributed by atoms with van der Waals surface area (Å²) in [6, 6.07) is 10.6. The third kappa shape index (κ3) is 12.0. The molecule has 15 nitrogen and oxygen atoms in total. The first kappa shape index (κ1) is 40.6. The van der Waals surface area contributed by atoms with Gasteiger partial charge >= 0.3 is 6.16 Å². The number of fused-ring (bicyclic) bond motifs is 3. The number of aliphatic hydroxyl groups excluding tert-OH is 1. The number of hydrogen-bond acceptors (Lipinski definition) is 12. The van der Waals surface area contributed by atoms with Crippen LogP contribution in [-0.2, 0) is 43.0 Å². The van der Waals surface area contributed by atoms with Crippen LogP contribution in [0.5, 0.6) is 0 Å². The number of imide groups is 1. The number of ether oxygens (including phenoxy) is 4. The molecule has 1 atom stereocenters. The van der Waals surface area contributed by atoms with Crippen LogP contribution in [0.3, 0.4) is 0 Å². The average Bonchev–Trinajstić information content (AvgIpc) is 3.63. The van der Waals surface area contributed by atoms with Crippen LogP contribution in [0.15, 0.2) is 48.7 Å². The molecule has 15 heteroatoms. The second-order valence-corrected chi connectivity index (χ2v) is 12.5. The summed E-state index contributed by atoms with van der Waals surface area (Å²) in [4.78, 5) is 79.9. The lowest BCUT2D eigenvalue weighted by atomic mass is 9.93. The molecule has 0 radical (unpaired) electrons. The van der Waals surface area contributed by atoms with E-state index in [1.54, 1.807) is 30.3 Å². The molecule has 1 aliphatic carbocycles. The number of benzene rings is 2. The van der Waals surface area contributed by atoms with Crippen LogP contribution < -0.4 is 10.6 Å². The van der Waals surface area contributed by atoms with Gasteiger partial charge in [-0.3, -0.25) is 28.8 Å². The number of carbonyl (C=O) groups is 6. The SMILES string of the molecule is C=C(COC)OCCNC(=O)CCCC(=O)Nc1ccc2c(c1)C(COC(=O)ON1C(=O)CCC1=O)c1cccc(C(=O)CCCOCCCCO)c1-2. The molecule has 0 spiro atoms. The zero-order chi connectivity index (χ0) is 38.2. The topological polar surface area (TPSA) is 196 Å². The molecule has 1 aliphatic heterocycles. The van der Waals surface area contributed by atoms with E-state index in [9.17, 15) is 28.8 Å². The van der Waals surface area contributed by atoms with Crippen LogP contribution in [0, 0.1) is 0 Å². The van der Waals surface area contributed by atoms with E-state index < -0.39 is 23.9 Å². The first-order chi connectivity index (χ1) is 25.6. The molecule has 3 N–H and O–H groups in total. The third-order valence-electron chi connectivity index (χ3n) is 8.52. The first-order valence-electron chi connectivity index (χ1n) is 17.7. The van der Waals surface area contributed by atoms with Gasteiger partial charge in [-0.15, -0.1) is 0 Å². The molecular formula is C38H47N3O12. The van der Waals surface area contributed by atoms with E-state index in [4.69, 9.17) is 28.9 Å². The van der Waals surface area contributed by atoms with Gasteiger partial charge in [0.25, 0.3) is 11.8 Å². The Morgan fingerprint density at radius 1 is 0.887 bits per heavy atom. The van der Waals surface area contributed by atoms with Crippen LogP contribution in [0.25, 0.3) is 11.1 Å². The summed E-state index contributed by atoms with van der Waals surface area (Å²) in [5, 5.41) is 14.9. The molecule has 4 rings (SSSR count). The van der Waals surface area contributed by atoms with Crippen molar-refractivity contribution in [2.24, 2.45) is 0 Å². The maximum atomic E-state index is 13.5. The number of hydrogen-bond donors (Lipinski definition) is 3. The maximum absolute atomic E-state index is 13.5. The highest BCUT2D eigenvalue weighted by Crippen LogP contribution is 2.48. The normalized spacial score (nSPS) is 14.4. The smallest absolute Gasteiger partial charge is 0.494 e. The van der Waals surface area contributed by atoms with Crippen molar-refractivity contribution < 1.29 is 57.7 Å². The van der Waals surface area contributed by atoms with Crippen molar-refractivity contribution in [3.8, 4) is 11.1 Å². The number of unbranched alkanes of at least 4 members (excludes halogenated alkanes) is 1. The minimum absolute atomic E-state index is 0.0637. The van der Waals surface area contributed by atoms with E-state index in [1.807, 2.05) is 6.07 Å². The molecule has 4 amide bonds. The highest BCUT2D eigenvalue weighted by molar-refractivity contribution is 6.05. The lowest BCUT2D eigenvalue weighted by Gasteiger charge is -2.17. The van der Waals surface area contributed by atoms with E-state index in [0.717, 1.165) is 17.5 Å². The summed E-state index contributed by atoms with van der Waals surface area (Å²) >= 11 is 0. The Hall–Kier alpha value is -5.12. The number of rotatable bonds is 23. The van der Waals surface area contributed by atoms with Gasteiger partial charge < -0.3 is 34.7 Å². The molecular weight excluding hydrogens is 690 g/mol. The molecule has 0 aromatic heterocycles. The molecule has 2 aromatic rings. The summed E-state index contributed by atoms with van der Waals surface area (Å²) in [5.41, 5.74) is 3.76. The van der Waals surface area contributed by atoms with Gasteiger partial charge in [-0.1, -0.05) is 35.9 Å². The van der Waals surface area contributed by atoms with Crippen LogP contribution in [0.4, 0.5) is 10.5 Å². The summed E-state index contributed by atoms with van der Waals surface area (Å²) < 4.78 is 21.2. The van der Waals surface area contributed by atoms with Gasteiger partial charge in [0.15, 0.2) is 5.78 Å². The molecule has 1 fully saturated rings. The minimum Gasteiger partial charge on any atom is -0.494 e.